The highest BCUT2D eigenvalue weighted by molar-refractivity contribution is 7.47. The highest BCUT2D eigenvalue weighted by Gasteiger charge is 2.29. The van der Waals surface area contributed by atoms with Crippen molar-refractivity contribution in [1.82, 2.24) is 0 Å². The van der Waals surface area contributed by atoms with Crippen LogP contribution in [0, 0.1) is 0 Å². The molecule has 5 atom stereocenters. The Kier molecular flexibility index (Phi) is 57.8. The summed E-state index contributed by atoms with van der Waals surface area (Å²) in [6, 6.07) is 0. The Bertz CT molecular complexity index is 1990. The van der Waals surface area contributed by atoms with Gasteiger partial charge in [-0.2, -0.15) is 0 Å². The second kappa shape index (κ2) is 60.5. The zero-order valence-corrected chi connectivity index (χ0v) is 54.3. The van der Waals surface area contributed by atoms with Gasteiger partial charge in [-0.15, -0.1) is 0 Å². The molecule has 85 heavy (non-hydrogen) atoms. The van der Waals surface area contributed by atoms with E-state index in [4.69, 9.17) is 32.3 Å². The molecule has 18 heteroatoms. The maximum atomic E-state index is 12.9. The van der Waals surface area contributed by atoms with Gasteiger partial charge in [0, 0.05) is 19.3 Å². The van der Waals surface area contributed by atoms with E-state index in [-0.39, 0.29) is 19.3 Å². The fraction of sp³-hybridized carbons (Fsp3) is 0.687. The SMILES string of the molecule is CC/C=C\C/C=C\C/C=C\CCCCCCCC(=O)OCC(COP(=O)(O)OCC(O)COP(=O)(O)OCC(O)COC(=O)CCCCCCC/C=C\C/C=C\C/C=C\C/C=C\CCCCC)OC(=O)CCCCCCC/C=C\C/C=C\CCC. The van der Waals surface area contributed by atoms with Gasteiger partial charge in [-0.3, -0.25) is 32.5 Å². The van der Waals surface area contributed by atoms with Gasteiger partial charge in [0.15, 0.2) is 6.10 Å². The molecule has 0 aliphatic heterocycles. The number of ether oxygens (including phenoxy) is 3. The van der Waals surface area contributed by atoms with Crippen molar-refractivity contribution in [2.45, 2.75) is 257 Å². The monoisotopic (exact) mass is 1240 g/mol. The van der Waals surface area contributed by atoms with E-state index in [0.717, 1.165) is 154 Å². The minimum absolute atomic E-state index is 0.0815. The van der Waals surface area contributed by atoms with E-state index in [9.17, 15) is 43.5 Å². The summed E-state index contributed by atoms with van der Waals surface area (Å²) in [6.07, 6.45) is 65.8. The van der Waals surface area contributed by atoms with Crippen LogP contribution < -0.4 is 0 Å². The normalized spacial score (nSPS) is 15.0. The predicted octanol–water partition coefficient (Wildman–Crippen LogP) is 17.3. The summed E-state index contributed by atoms with van der Waals surface area (Å²) in [5.41, 5.74) is 0. The van der Waals surface area contributed by atoms with Crippen molar-refractivity contribution in [3.05, 3.63) is 109 Å². The molecule has 0 saturated heterocycles. The number of hydrogen-bond acceptors (Lipinski definition) is 14. The van der Waals surface area contributed by atoms with Gasteiger partial charge in [0.1, 0.15) is 25.4 Å². The molecule has 0 heterocycles. The molecule has 488 valence electrons. The van der Waals surface area contributed by atoms with Crippen LogP contribution >= 0.6 is 15.6 Å². The lowest BCUT2D eigenvalue weighted by atomic mass is 10.1. The van der Waals surface area contributed by atoms with Crippen LogP contribution in [0.25, 0.3) is 0 Å². The van der Waals surface area contributed by atoms with Crippen LogP contribution in [0.1, 0.15) is 239 Å². The third-order valence-corrected chi connectivity index (χ3v) is 14.8. The number of aliphatic hydroxyl groups is 2. The Morgan fingerprint density at radius 3 is 1.04 bits per heavy atom. The fourth-order valence-corrected chi connectivity index (χ4v) is 9.60. The van der Waals surface area contributed by atoms with Gasteiger partial charge in [0.25, 0.3) is 0 Å². The summed E-state index contributed by atoms with van der Waals surface area (Å²) in [4.78, 5) is 58.2. The zero-order chi connectivity index (χ0) is 62.4. The van der Waals surface area contributed by atoms with Gasteiger partial charge < -0.3 is 34.2 Å². The molecule has 0 aromatic heterocycles. The molecule has 0 amide bonds. The van der Waals surface area contributed by atoms with Crippen LogP contribution in [0.15, 0.2) is 109 Å². The number of carbonyl (C=O) groups is 3. The van der Waals surface area contributed by atoms with Crippen molar-refractivity contribution in [1.29, 1.82) is 0 Å². The first-order chi connectivity index (χ1) is 41.2. The molecule has 0 aliphatic rings. The Morgan fingerprint density at radius 1 is 0.341 bits per heavy atom. The number of esters is 3. The van der Waals surface area contributed by atoms with Crippen LogP contribution in [0.5, 0.6) is 0 Å². The Labute approximate surface area is 513 Å². The molecule has 0 fully saturated rings. The summed E-state index contributed by atoms with van der Waals surface area (Å²) in [6.45, 7) is 2.37. The molecule has 0 aliphatic carbocycles. The van der Waals surface area contributed by atoms with Crippen molar-refractivity contribution in [3.63, 3.8) is 0 Å². The minimum Gasteiger partial charge on any atom is -0.463 e. The summed E-state index contributed by atoms with van der Waals surface area (Å²) < 4.78 is 60.7. The van der Waals surface area contributed by atoms with Gasteiger partial charge in [-0.25, -0.2) is 9.13 Å². The van der Waals surface area contributed by atoms with Crippen LogP contribution in [0.3, 0.4) is 0 Å². The molecule has 0 rings (SSSR count). The van der Waals surface area contributed by atoms with Gasteiger partial charge in [-0.1, -0.05) is 207 Å². The number of phosphoric ester groups is 2. The second-order valence-corrected chi connectivity index (χ2v) is 24.1. The number of phosphoric acid groups is 2. The number of carbonyl (C=O) groups excluding carboxylic acids is 3. The summed E-state index contributed by atoms with van der Waals surface area (Å²) in [5.74, 6) is -1.63. The van der Waals surface area contributed by atoms with Crippen molar-refractivity contribution in [3.8, 4) is 0 Å². The highest BCUT2D eigenvalue weighted by Crippen LogP contribution is 2.45. The molecule has 0 bridgehead atoms. The molecule has 0 radical (unpaired) electrons. The maximum Gasteiger partial charge on any atom is 0.472 e. The third kappa shape index (κ3) is 61.6. The lowest BCUT2D eigenvalue weighted by Gasteiger charge is -2.21. The minimum atomic E-state index is -4.93. The second-order valence-electron chi connectivity index (χ2n) is 21.2. The zero-order valence-electron chi connectivity index (χ0n) is 52.5. The van der Waals surface area contributed by atoms with Crippen molar-refractivity contribution >= 4 is 33.6 Å². The average Bonchev–Trinajstić information content (AvgIpc) is 3.51. The van der Waals surface area contributed by atoms with Gasteiger partial charge in [0.2, 0.25) is 0 Å². The van der Waals surface area contributed by atoms with E-state index >= 15 is 0 Å². The number of allylic oxidation sites excluding steroid dienone is 18. The third-order valence-electron chi connectivity index (χ3n) is 12.9. The van der Waals surface area contributed by atoms with E-state index < -0.39 is 91.5 Å². The van der Waals surface area contributed by atoms with E-state index in [2.05, 4.69) is 130 Å². The number of rotatable bonds is 60. The standard InChI is InChI=1S/C67H114O16P2/c1-4-7-10-13-16-19-22-25-27-28-29-30-31-32-34-37-38-41-44-47-50-53-65(70)77-56-62(68)57-79-84(73,74)80-58-63(69)59-81-85(75,76)82-61-64(83-67(72)55-52-49-46-43-40-35-24-21-18-15-12-9-6-3)60-78-66(71)54-51-48-45-42-39-36-33-26-23-20-17-14-11-8-5-2/h8,11-12,15-17,19-21,24-27,29-30,32-34,62-64,68-69H,4-7,9-10,13-14,18,22-23,28,31,35-61H2,1-3H3,(H,73,74)(H,75,76)/b11-8-,15-12-,19-16-,20-17-,24-21-,27-25-,30-29-,33-26-,34-32-. The predicted molar refractivity (Wildman–Crippen MR) is 344 cm³/mol. The quantitative estimate of drug-likeness (QED) is 0.0146. The Morgan fingerprint density at radius 2 is 0.647 bits per heavy atom. The van der Waals surface area contributed by atoms with Crippen LogP contribution in [-0.2, 0) is 55.8 Å². The van der Waals surface area contributed by atoms with E-state index in [1.54, 1.807) is 0 Å². The highest BCUT2D eigenvalue weighted by atomic mass is 31.2. The first-order valence-corrected chi connectivity index (χ1v) is 35.2. The van der Waals surface area contributed by atoms with Crippen LogP contribution in [0.2, 0.25) is 0 Å². The number of aliphatic hydroxyl groups excluding tert-OH is 2. The molecular formula is C67H114O16P2. The average molecular weight is 1240 g/mol. The molecule has 0 saturated carbocycles. The topological polar surface area (TPSA) is 231 Å². The molecule has 0 aromatic carbocycles. The van der Waals surface area contributed by atoms with Crippen LogP contribution in [0.4, 0.5) is 0 Å². The van der Waals surface area contributed by atoms with E-state index in [1.165, 1.54) is 25.7 Å². The Balaban J connectivity index is 4.65. The first kappa shape index (κ1) is 81.2. The number of unbranched alkanes of at least 4 members (excludes halogenated alkanes) is 19. The van der Waals surface area contributed by atoms with Gasteiger partial charge >= 0.3 is 33.6 Å². The lowest BCUT2D eigenvalue weighted by molar-refractivity contribution is -0.161. The van der Waals surface area contributed by atoms with E-state index in [1.807, 2.05) is 0 Å². The molecular weight excluding hydrogens is 1120 g/mol. The molecule has 5 unspecified atom stereocenters. The molecule has 0 spiro atoms. The van der Waals surface area contributed by atoms with Crippen molar-refractivity contribution < 1.29 is 75.8 Å². The first-order valence-electron chi connectivity index (χ1n) is 32.2. The smallest absolute Gasteiger partial charge is 0.463 e. The van der Waals surface area contributed by atoms with Gasteiger partial charge in [-0.05, 0) is 122 Å². The van der Waals surface area contributed by atoms with Crippen molar-refractivity contribution in [2.24, 2.45) is 0 Å². The number of hydrogen-bond donors (Lipinski definition) is 4. The summed E-state index contributed by atoms with van der Waals surface area (Å²) >= 11 is 0. The summed E-state index contributed by atoms with van der Waals surface area (Å²) in [5, 5.41) is 20.5. The largest absolute Gasteiger partial charge is 0.472 e. The lowest BCUT2D eigenvalue weighted by Crippen LogP contribution is -2.30. The maximum absolute atomic E-state index is 12.9. The molecule has 16 nitrogen and oxygen atoms in total. The Hall–Kier alpha value is -3.79. The molecule has 0 aromatic rings. The fourth-order valence-electron chi connectivity index (χ4n) is 8.02. The van der Waals surface area contributed by atoms with Crippen LogP contribution in [-0.4, -0.2) is 95.9 Å². The van der Waals surface area contributed by atoms with E-state index in [0.29, 0.717) is 19.3 Å². The molecule has 4 N–H and O–H groups in total. The van der Waals surface area contributed by atoms with Gasteiger partial charge in [0.05, 0.1) is 26.4 Å². The summed E-state index contributed by atoms with van der Waals surface area (Å²) in [7, 11) is -9.78. The van der Waals surface area contributed by atoms with Crippen molar-refractivity contribution in [2.75, 3.05) is 39.6 Å².